The maximum Gasteiger partial charge on any atom is 0.156 e. The second-order valence-corrected chi connectivity index (χ2v) is 5.26. The average Bonchev–Trinajstić information content (AvgIpc) is 3.02. The first-order chi connectivity index (χ1) is 10.2. The lowest BCUT2D eigenvalue weighted by Crippen LogP contribution is -2.53. The van der Waals surface area contributed by atoms with Crippen molar-refractivity contribution in [2.75, 3.05) is 31.1 Å². The van der Waals surface area contributed by atoms with Crippen LogP contribution in [0.1, 0.15) is 6.92 Å². The zero-order chi connectivity index (χ0) is 14.8. The van der Waals surface area contributed by atoms with Gasteiger partial charge in [-0.05, 0) is 19.1 Å². The van der Waals surface area contributed by atoms with Gasteiger partial charge in [-0.3, -0.25) is 9.30 Å². The van der Waals surface area contributed by atoms with Gasteiger partial charge in [-0.15, -0.1) is 0 Å². The van der Waals surface area contributed by atoms with E-state index in [2.05, 4.69) is 30.4 Å². The minimum atomic E-state index is -0.0406. The highest BCUT2D eigenvalue weighted by atomic mass is 16.4. The Morgan fingerprint density at radius 2 is 2.10 bits per heavy atom. The summed E-state index contributed by atoms with van der Waals surface area (Å²) in [5.74, 6) is 1.42. The molecule has 21 heavy (non-hydrogen) atoms. The second-order valence-electron chi connectivity index (χ2n) is 5.26. The van der Waals surface area contributed by atoms with Crippen molar-refractivity contribution < 1.29 is 5.21 Å². The molecule has 3 N–H and O–H groups in total. The molecule has 1 unspecified atom stereocenters. The van der Waals surface area contributed by atoms with Crippen LogP contribution in [0.5, 0.6) is 0 Å². The standard InChI is InChI=1S/C14H20N6O/c1-11(14(15)17-21)18-7-9-19(10-8-18)13-4-2-3-12-16-5-6-20(12)13/h2-6,11,21H,7-10H2,1H3,(H2,15,17). The lowest BCUT2D eigenvalue weighted by atomic mass is 10.2. The summed E-state index contributed by atoms with van der Waals surface area (Å²) in [5.41, 5.74) is 6.64. The molecular weight excluding hydrogens is 268 g/mol. The number of anilines is 1. The van der Waals surface area contributed by atoms with Crippen molar-refractivity contribution in [2.24, 2.45) is 10.9 Å². The Kier molecular flexibility index (Phi) is 3.66. The van der Waals surface area contributed by atoms with Crippen molar-refractivity contribution in [3.63, 3.8) is 0 Å². The highest BCUT2D eigenvalue weighted by molar-refractivity contribution is 5.84. The van der Waals surface area contributed by atoms with E-state index < -0.39 is 0 Å². The zero-order valence-corrected chi connectivity index (χ0v) is 12.1. The van der Waals surface area contributed by atoms with E-state index in [9.17, 15) is 0 Å². The van der Waals surface area contributed by atoms with E-state index >= 15 is 0 Å². The molecule has 3 rings (SSSR count). The maximum absolute atomic E-state index is 8.78. The van der Waals surface area contributed by atoms with Gasteiger partial charge in [-0.25, -0.2) is 4.98 Å². The van der Waals surface area contributed by atoms with E-state index in [4.69, 9.17) is 10.9 Å². The Morgan fingerprint density at radius 3 is 2.81 bits per heavy atom. The summed E-state index contributed by atoms with van der Waals surface area (Å²) in [5, 5.41) is 11.9. The van der Waals surface area contributed by atoms with Gasteiger partial charge in [-0.2, -0.15) is 0 Å². The van der Waals surface area contributed by atoms with Gasteiger partial charge in [-0.1, -0.05) is 11.2 Å². The number of hydrogen-bond donors (Lipinski definition) is 2. The van der Waals surface area contributed by atoms with Crippen LogP contribution in [0, 0.1) is 0 Å². The van der Waals surface area contributed by atoms with Gasteiger partial charge < -0.3 is 15.8 Å². The van der Waals surface area contributed by atoms with Crippen molar-refractivity contribution in [3.05, 3.63) is 30.6 Å². The minimum absolute atomic E-state index is 0.0406. The Balaban J connectivity index is 1.73. The van der Waals surface area contributed by atoms with E-state index in [0.717, 1.165) is 37.6 Å². The van der Waals surface area contributed by atoms with Gasteiger partial charge in [0.2, 0.25) is 0 Å². The summed E-state index contributed by atoms with van der Waals surface area (Å²) < 4.78 is 2.10. The third-order valence-corrected chi connectivity index (χ3v) is 4.14. The number of fused-ring (bicyclic) bond motifs is 1. The molecule has 0 spiro atoms. The van der Waals surface area contributed by atoms with E-state index in [1.54, 1.807) is 0 Å². The van der Waals surface area contributed by atoms with Crippen molar-refractivity contribution in [2.45, 2.75) is 13.0 Å². The summed E-state index contributed by atoms with van der Waals surface area (Å²) in [4.78, 5) is 8.88. The number of nitrogens with zero attached hydrogens (tertiary/aromatic N) is 5. The predicted molar refractivity (Wildman–Crippen MR) is 81.8 cm³/mol. The highest BCUT2D eigenvalue weighted by Gasteiger charge is 2.24. The number of piperazine rings is 1. The van der Waals surface area contributed by atoms with Crippen molar-refractivity contribution in [1.29, 1.82) is 0 Å². The average molecular weight is 288 g/mol. The number of aromatic nitrogens is 2. The topological polar surface area (TPSA) is 82.4 Å². The van der Waals surface area contributed by atoms with Crippen LogP contribution in [0.25, 0.3) is 5.65 Å². The highest BCUT2D eigenvalue weighted by Crippen LogP contribution is 2.18. The van der Waals surface area contributed by atoms with Gasteiger partial charge in [0.1, 0.15) is 11.5 Å². The van der Waals surface area contributed by atoms with Crippen LogP contribution < -0.4 is 10.6 Å². The smallest absolute Gasteiger partial charge is 0.156 e. The van der Waals surface area contributed by atoms with Crippen LogP contribution in [0.2, 0.25) is 0 Å². The lowest BCUT2D eigenvalue weighted by Gasteiger charge is -2.38. The fourth-order valence-electron chi connectivity index (χ4n) is 2.80. The first kappa shape index (κ1) is 13.7. The van der Waals surface area contributed by atoms with Gasteiger partial charge in [0, 0.05) is 38.6 Å². The Bertz CT molecular complexity index is 644. The van der Waals surface area contributed by atoms with Crippen LogP contribution >= 0.6 is 0 Å². The van der Waals surface area contributed by atoms with E-state index in [1.165, 1.54) is 0 Å². The molecule has 112 valence electrons. The number of oxime groups is 1. The van der Waals surface area contributed by atoms with E-state index in [0.29, 0.717) is 0 Å². The molecule has 0 saturated carbocycles. The van der Waals surface area contributed by atoms with Gasteiger partial charge in [0.25, 0.3) is 0 Å². The molecule has 0 aliphatic carbocycles. The largest absolute Gasteiger partial charge is 0.409 e. The molecule has 1 fully saturated rings. The summed E-state index contributed by atoms with van der Waals surface area (Å²) >= 11 is 0. The van der Waals surface area contributed by atoms with Crippen LogP contribution in [0.4, 0.5) is 5.82 Å². The fourth-order valence-corrected chi connectivity index (χ4v) is 2.80. The number of imidazole rings is 1. The van der Waals surface area contributed by atoms with E-state index in [-0.39, 0.29) is 11.9 Å². The van der Waals surface area contributed by atoms with Crippen molar-refractivity contribution >= 4 is 17.3 Å². The van der Waals surface area contributed by atoms with Crippen LogP contribution in [-0.4, -0.2) is 57.5 Å². The fraction of sp³-hybridized carbons (Fsp3) is 0.429. The first-order valence-electron chi connectivity index (χ1n) is 7.09. The maximum atomic E-state index is 8.78. The third-order valence-electron chi connectivity index (χ3n) is 4.14. The van der Waals surface area contributed by atoms with Gasteiger partial charge >= 0.3 is 0 Å². The number of pyridine rings is 1. The quantitative estimate of drug-likeness (QED) is 0.374. The molecular formula is C14H20N6O. The second kappa shape index (κ2) is 5.61. The van der Waals surface area contributed by atoms with Crippen LogP contribution in [0.15, 0.2) is 35.7 Å². The Labute approximate surface area is 123 Å². The summed E-state index contributed by atoms with van der Waals surface area (Å²) in [6, 6.07) is 6.10. The molecule has 0 amide bonds. The molecule has 0 radical (unpaired) electrons. The molecule has 1 saturated heterocycles. The lowest BCUT2D eigenvalue weighted by molar-refractivity contribution is 0.229. The molecule has 7 nitrogen and oxygen atoms in total. The summed E-state index contributed by atoms with van der Waals surface area (Å²) in [7, 11) is 0. The summed E-state index contributed by atoms with van der Waals surface area (Å²) in [6.45, 7) is 5.52. The number of hydrogen-bond acceptors (Lipinski definition) is 5. The first-order valence-corrected chi connectivity index (χ1v) is 7.09. The van der Waals surface area contributed by atoms with Crippen molar-refractivity contribution in [3.8, 4) is 0 Å². The predicted octanol–water partition coefficient (Wildman–Crippen LogP) is 0.591. The molecule has 0 aromatic carbocycles. The van der Waals surface area contributed by atoms with Crippen molar-refractivity contribution in [1.82, 2.24) is 14.3 Å². The van der Waals surface area contributed by atoms with E-state index in [1.807, 2.05) is 31.5 Å². The van der Waals surface area contributed by atoms with Crippen LogP contribution in [0.3, 0.4) is 0 Å². The van der Waals surface area contributed by atoms with Gasteiger partial charge in [0.15, 0.2) is 5.84 Å². The molecule has 1 aliphatic rings. The molecule has 0 bridgehead atoms. The monoisotopic (exact) mass is 288 g/mol. The molecule has 3 heterocycles. The molecule has 7 heteroatoms. The zero-order valence-electron chi connectivity index (χ0n) is 12.1. The van der Waals surface area contributed by atoms with Gasteiger partial charge in [0.05, 0.1) is 6.04 Å². The number of nitrogens with two attached hydrogens (primary N) is 1. The number of rotatable bonds is 3. The molecule has 1 atom stereocenters. The van der Waals surface area contributed by atoms with Crippen LogP contribution in [-0.2, 0) is 0 Å². The Hall–Kier alpha value is -2.28. The number of amidine groups is 1. The molecule has 2 aromatic rings. The molecule has 2 aromatic heterocycles. The molecule has 1 aliphatic heterocycles. The SMILES string of the molecule is CC(/C(N)=N/O)N1CCN(c2cccc3nccn23)CC1. The summed E-state index contributed by atoms with van der Waals surface area (Å²) in [6.07, 6.45) is 3.80. The normalized spacial score (nSPS) is 19.1. The Morgan fingerprint density at radius 1 is 1.33 bits per heavy atom. The minimum Gasteiger partial charge on any atom is -0.409 e. The third kappa shape index (κ3) is 2.52.